The first-order valence-corrected chi connectivity index (χ1v) is 13.5. The third-order valence-corrected chi connectivity index (χ3v) is 8.05. The van der Waals surface area contributed by atoms with Crippen LogP contribution in [0.15, 0.2) is 82.7 Å². The first kappa shape index (κ1) is 24.9. The standard InChI is InChI=1S/C32H32N4O3/c1-38-24-16-14-22(15-17-24)21-33-35-31-34-29-25-11-5-4-10-23(25)20-32(18-8-3-9-19-32)28(29)30(37)36(31)26-12-6-7-13-27(26)39-2/h4-7,10-17,21H,3,8-9,18-20H2,1-2H3,(H,34,35). The lowest BCUT2D eigenvalue weighted by Gasteiger charge is -2.42. The quantitative estimate of drug-likeness (QED) is 0.245. The molecule has 0 bridgehead atoms. The van der Waals surface area contributed by atoms with E-state index in [1.807, 2.05) is 54.6 Å². The minimum atomic E-state index is -0.222. The molecule has 39 heavy (non-hydrogen) atoms. The van der Waals surface area contributed by atoms with Gasteiger partial charge in [0.1, 0.15) is 11.5 Å². The molecule has 0 atom stereocenters. The lowest BCUT2D eigenvalue weighted by atomic mass is 9.62. The number of hydrogen-bond donors (Lipinski definition) is 1. The van der Waals surface area contributed by atoms with E-state index in [-0.39, 0.29) is 11.0 Å². The molecule has 198 valence electrons. The Hall–Kier alpha value is -4.39. The molecule has 2 aliphatic carbocycles. The maximum absolute atomic E-state index is 14.7. The molecule has 6 rings (SSSR count). The van der Waals surface area contributed by atoms with Crippen LogP contribution in [0, 0.1) is 0 Å². The van der Waals surface area contributed by atoms with Crippen molar-refractivity contribution in [1.29, 1.82) is 0 Å². The Morgan fingerprint density at radius 1 is 0.923 bits per heavy atom. The summed E-state index contributed by atoms with van der Waals surface area (Å²) in [6, 6.07) is 23.5. The molecule has 1 N–H and O–H groups in total. The molecule has 0 saturated heterocycles. The van der Waals surface area contributed by atoms with Crippen LogP contribution in [0.5, 0.6) is 11.5 Å². The molecular weight excluding hydrogens is 488 g/mol. The average Bonchev–Trinajstić information content (AvgIpc) is 2.98. The number of rotatable bonds is 6. The van der Waals surface area contributed by atoms with Crippen LogP contribution in [0.1, 0.15) is 48.8 Å². The number of nitrogens with one attached hydrogen (secondary N) is 1. The van der Waals surface area contributed by atoms with E-state index >= 15 is 0 Å². The fourth-order valence-corrected chi connectivity index (χ4v) is 6.18. The molecule has 1 aromatic heterocycles. The molecule has 0 aliphatic heterocycles. The van der Waals surface area contributed by atoms with Crippen molar-refractivity contribution in [3.63, 3.8) is 0 Å². The number of benzene rings is 3. The number of hydrogen-bond acceptors (Lipinski definition) is 6. The summed E-state index contributed by atoms with van der Waals surface area (Å²) in [5.41, 5.74) is 8.17. The van der Waals surface area contributed by atoms with Gasteiger partial charge in [0.2, 0.25) is 5.95 Å². The normalized spacial score (nSPS) is 15.5. The zero-order chi connectivity index (χ0) is 26.8. The highest BCUT2D eigenvalue weighted by molar-refractivity contribution is 5.80. The summed E-state index contributed by atoms with van der Waals surface area (Å²) < 4.78 is 12.6. The molecule has 1 saturated carbocycles. The average molecular weight is 521 g/mol. The van der Waals surface area contributed by atoms with Gasteiger partial charge in [-0.3, -0.25) is 4.79 Å². The molecule has 4 aromatic rings. The zero-order valence-corrected chi connectivity index (χ0v) is 22.3. The SMILES string of the molecule is COc1ccc(C=NNc2nc3c(c(=O)n2-c2ccccc2OC)C2(CCCCC2)Cc2ccccc2-3)cc1. The van der Waals surface area contributed by atoms with Crippen LogP contribution < -0.4 is 20.5 Å². The molecule has 0 radical (unpaired) electrons. The summed E-state index contributed by atoms with van der Waals surface area (Å²) in [6.07, 6.45) is 7.96. The summed E-state index contributed by atoms with van der Waals surface area (Å²) in [6.45, 7) is 0. The Kier molecular flexibility index (Phi) is 6.65. The monoisotopic (exact) mass is 520 g/mol. The van der Waals surface area contributed by atoms with Crippen molar-refractivity contribution < 1.29 is 9.47 Å². The van der Waals surface area contributed by atoms with Gasteiger partial charge >= 0.3 is 0 Å². The number of fused-ring (bicyclic) bond motifs is 4. The molecule has 2 aliphatic rings. The Labute approximate surface area is 228 Å². The molecule has 1 heterocycles. The lowest BCUT2D eigenvalue weighted by Crippen LogP contribution is -2.43. The highest BCUT2D eigenvalue weighted by atomic mass is 16.5. The number of anilines is 1. The third kappa shape index (κ3) is 4.48. The molecular formula is C32H32N4O3. The van der Waals surface area contributed by atoms with E-state index in [2.05, 4.69) is 28.7 Å². The van der Waals surface area contributed by atoms with Gasteiger partial charge in [-0.05, 0) is 66.8 Å². The second-order valence-electron chi connectivity index (χ2n) is 10.3. The van der Waals surface area contributed by atoms with Crippen LogP contribution in [-0.2, 0) is 11.8 Å². The largest absolute Gasteiger partial charge is 0.497 e. The predicted octanol–water partition coefficient (Wildman–Crippen LogP) is 6.12. The van der Waals surface area contributed by atoms with Gasteiger partial charge in [0.15, 0.2) is 0 Å². The molecule has 1 fully saturated rings. The van der Waals surface area contributed by atoms with Crippen molar-refractivity contribution in [1.82, 2.24) is 9.55 Å². The first-order valence-electron chi connectivity index (χ1n) is 13.5. The van der Waals surface area contributed by atoms with Gasteiger partial charge in [-0.1, -0.05) is 55.7 Å². The molecule has 0 unspecified atom stereocenters. The third-order valence-electron chi connectivity index (χ3n) is 8.05. The smallest absolute Gasteiger partial charge is 0.264 e. The van der Waals surface area contributed by atoms with Crippen molar-refractivity contribution in [2.75, 3.05) is 19.6 Å². The highest BCUT2D eigenvalue weighted by Crippen LogP contribution is 2.49. The van der Waals surface area contributed by atoms with E-state index in [1.165, 1.54) is 12.0 Å². The van der Waals surface area contributed by atoms with Gasteiger partial charge in [0.05, 0.1) is 37.4 Å². The van der Waals surface area contributed by atoms with Crippen molar-refractivity contribution in [2.45, 2.75) is 43.9 Å². The maximum atomic E-state index is 14.7. The number of hydrazone groups is 1. The number of nitrogens with zero attached hydrogens (tertiary/aromatic N) is 3. The fourth-order valence-electron chi connectivity index (χ4n) is 6.18. The minimum absolute atomic E-state index is 0.0666. The zero-order valence-electron chi connectivity index (χ0n) is 22.3. The van der Waals surface area contributed by atoms with Gasteiger partial charge in [-0.2, -0.15) is 5.10 Å². The molecule has 3 aromatic carbocycles. The topological polar surface area (TPSA) is 77.7 Å². The van der Waals surface area contributed by atoms with Crippen LogP contribution in [0.25, 0.3) is 16.9 Å². The summed E-state index contributed by atoms with van der Waals surface area (Å²) in [5, 5.41) is 4.48. The minimum Gasteiger partial charge on any atom is -0.497 e. The molecule has 1 spiro atoms. The lowest BCUT2D eigenvalue weighted by molar-refractivity contribution is 0.284. The van der Waals surface area contributed by atoms with Crippen LogP contribution in [0.4, 0.5) is 5.95 Å². The van der Waals surface area contributed by atoms with Crippen LogP contribution in [0.2, 0.25) is 0 Å². The number of ether oxygens (including phenoxy) is 2. The van der Waals surface area contributed by atoms with Crippen LogP contribution in [0.3, 0.4) is 0 Å². The Morgan fingerprint density at radius 2 is 1.67 bits per heavy atom. The Morgan fingerprint density at radius 3 is 2.44 bits per heavy atom. The number of methoxy groups -OCH3 is 2. The van der Waals surface area contributed by atoms with Gasteiger partial charge in [0.25, 0.3) is 5.56 Å². The van der Waals surface area contributed by atoms with Gasteiger partial charge in [-0.15, -0.1) is 0 Å². The summed E-state index contributed by atoms with van der Waals surface area (Å²) in [7, 11) is 3.25. The summed E-state index contributed by atoms with van der Waals surface area (Å²) >= 11 is 0. The van der Waals surface area contributed by atoms with E-state index in [4.69, 9.17) is 14.5 Å². The predicted molar refractivity (Wildman–Crippen MR) is 154 cm³/mol. The van der Waals surface area contributed by atoms with E-state index in [9.17, 15) is 4.79 Å². The van der Waals surface area contributed by atoms with E-state index in [0.29, 0.717) is 17.4 Å². The van der Waals surface area contributed by atoms with E-state index in [1.54, 1.807) is 25.0 Å². The van der Waals surface area contributed by atoms with Crippen LogP contribution >= 0.6 is 0 Å². The Bertz CT molecular complexity index is 1580. The second-order valence-corrected chi connectivity index (χ2v) is 10.3. The van der Waals surface area contributed by atoms with Gasteiger partial charge in [-0.25, -0.2) is 15.0 Å². The van der Waals surface area contributed by atoms with Crippen molar-refractivity contribution in [3.05, 3.63) is 99.8 Å². The summed E-state index contributed by atoms with van der Waals surface area (Å²) in [5.74, 6) is 1.71. The van der Waals surface area contributed by atoms with E-state index < -0.39 is 0 Å². The van der Waals surface area contributed by atoms with Crippen molar-refractivity contribution in [2.24, 2.45) is 5.10 Å². The molecule has 0 amide bonds. The van der Waals surface area contributed by atoms with Crippen LogP contribution in [-0.4, -0.2) is 30.0 Å². The first-order chi connectivity index (χ1) is 19.1. The molecule has 7 heteroatoms. The van der Waals surface area contributed by atoms with E-state index in [0.717, 1.165) is 60.2 Å². The fraction of sp³-hybridized carbons (Fsp3) is 0.281. The second kappa shape index (κ2) is 10.4. The van der Waals surface area contributed by atoms with Crippen molar-refractivity contribution >= 4 is 12.2 Å². The number of para-hydroxylation sites is 2. The number of aromatic nitrogens is 2. The molecule has 7 nitrogen and oxygen atoms in total. The van der Waals surface area contributed by atoms with Gasteiger partial charge in [0, 0.05) is 11.0 Å². The Balaban J connectivity index is 1.55. The highest BCUT2D eigenvalue weighted by Gasteiger charge is 2.43. The maximum Gasteiger partial charge on any atom is 0.264 e. The summed E-state index contributed by atoms with van der Waals surface area (Å²) in [4.78, 5) is 19.8. The van der Waals surface area contributed by atoms with Crippen molar-refractivity contribution in [3.8, 4) is 28.4 Å². The van der Waals surface area contributed by atoms with Gasteiger partial charge < -0.3 is 9.47 Å².